The van der Waals surface area contributed by atoms with Gasteiger partial charge in [0.05, 0.1) is 24.7 Å². The molecular formula is C12H10FNO2. The van der Waals surface area contributed by atoms with Crippen LogP contribution >= 0.6 is 0 Å². The maximum atomic E-state index is 12.9. The molecule has 1 aromatic carbocycles. The molecule has 0 N–H and O–H groups in total. The monoisotopic (exact) mass is 219 g/mol. The number of methoxy groups -OCH3 is 1. The van der Waals surface area contributed by atoms with Crippen LogP contribution in [0.5, 0.6) is 0 Å². The molecule has 0 fully saturated rings. The number of nitrogens with zero attached hydrogens (tertiary/aromatic N) is 1. The topological polar surface area (TPSA) is 39.2 Å². The molecule has 4 heteroatoms. The fourth-order valence-electron chi connectivity index (χ4n) is 1.46. The molecule has 16 heavy (non-hydrogen) atoms. The Hall–Kier alpha value is -1.97. The first-order chi connectivity index (χ1) is 7.69. The first kappa shape index (κ1) is 10.5. The van der Waals surface area contributed by atoms with E-state index in [0.29, 0.717) is 16.6 Å². The molecule has 3 nitrogen and oxygen atoms in total. The van der Waals surface area contributed by atoms with E-state index >= 15 is 0 Å². The van der Waals surface area contributed by atoms with Gasteiger partial charge in [-0.05, 0) is 24.3 Å². The highest BCUT2D eigenvalue weighted by Crippen LogP contribution is 2.14. The van der Waals surface area contributed by atoms with Crippen LogP contribution in [0.2, 0.25) is 0 Å². The van der Waals surface area contributed by atoms with Gasteiger partial charge in [0.2, 0.25) is 0 Å². The highest BCUT2D eigenvalue weighted by atomic mass is 19.1. The maximum Gasteiger partial charge on any atom is 0.311 e. The van der Waals surface area contributed by atoms with Crippen LogP contribution in [0.25, 0.3) is 10.9 Å². The van der Waals surface area contributed by atoms with E-state index in [9.17, 15) is 9.18 Å². The van der Waals surface area contributed by atoms with Gasteiger partial charge in [-0.3, -0.25) is 9.78 Å². The molecule has 0 spiro atoms. The minimum absolute atomic E-state index is 0.129. The van der Waals surface area contributed by atoms with Gasteiger partial charge in [-0.2, -0.15) is 0 Å². The first-order valence-electron chi connectivity index (χ1n) is 4.81. The number of benzene rings is 1. The fourth-order valence-corrected chi connectivity index (χ4v) is 1.46. The van der Waals surface area contributed by atoms with Crippen molar-refractivity contribution >= 4 is 16.9 Å². The van der Waals surface area contributed by atoms with E-state index < -0.39 is 0 Å². The Morgan fingerprint density at radius 3 is 2.94 bits per heavy atom. The highest BCUT2D eigenvalue weighted by Gasteiger charge is 2.05. The molecule has 0 aliphatic heterocycles. The van der Waals surface area contributed by atoms with E-state index in [1.807, 2.05) is 0 Å². The predicted molar refractivity (Wildman–Crippen MR) is 57.4 cm³/mol. The summed E-state index contributed by atoms with van der Waals surface area (Å²) in [6.07, 6.45) is 0.129. The second kappa shape index (κ2) is 4.26. The molecule has 0 radical (unpaired) electrons. The molecule has 2 rings (SSSR count). The Balaban J connectivity index is 2.37. The van der Waals surface area contributed by atoms with Crippen LogP contribution in [-0.2, 0) is 16.0 Å². The van der Waals surface area contributed by atoms with Crippen molar-refractivity contribution in [3.63, 3.8) is 0 Å². The summed E-state index contributed by atoms with van der Waals surface area (Å²) in [5, 5.41) is 0.716. The summed E-state index contributed by atoms with van der Waals surface area (Å²) in [5.41, 5.74) is 1.29. The zero-order valence-corrected chi connectivity index (χ0v) is 8.74. The van der Waals surface area contributed by atoms with Crippen molar-refractivity contribution in [2.45, 2.75) is 6.42 Å². The van der Waals surface area contributed by atoms with Gasteiger partial charge in [-0.15, -0.1) is 0 Å². The van der Waals surface area contributed by atoms with Crippen molar-refractivity contribution in [2.24, 2.45) is 0 Å². The van der Waals surface area contributed by atoms with Crippen molar-refractivity contribution < 1.29 is 13.9 Å². The number of pyridine rings is 1. The number of hydrogen-bond acceptors (Lipinski definition) is 3. The highest BCUT2D eigenvalue weighted by molar-refractivity contribution is 5.79. The van der Waals surface area contributed by atoms with Crippen LogP contribution < -0.4 is 0 Å². The number of esters is 1. The first-order valence-corrected chi connectivity index (χ1v) is 4.81. The average Bonchev–Trinajstić information content (AvgIpc) is 2.29. The Kier molecular flexibility index (Phi) is 2.81. The van der Waals surface area contributed by atoms with Crippen molar-refractivity contribution in [1.29, 1.82) is 0 Å². The van der Waals surface area contributed by atoms with Gasteiger partial charge >= 0.3 is 5.97 Å². The lowest BCUT2D eigenvalue weighted by Gasteiger charge is -2.02. The van der Waals surface area contributed by atoms with Crippen LogP contribution in [0.1, 0.15) is 5.69 Å². The summed E-state index contributed by atoms with van der Waals surface area (Å²) in [7, 11) is 1.33. The van der Waals surface area contributed by atoms with E-state index in [1.165, 1.54) is 19.2 Å². The molecule has 82 valence electrons. The lowest BCUT2D eigenvalue weighted by atomic mass is 10.2. The van der Waals surface area contributed by atoms with Crippen LogP contribution in [0, 0.1) is 5.82 Å². The molecule has 1 aromatic heterocycles. The van der Waals surface area contributed by atoms with E-state index in [1.54, 1.807) is 18.2 Å². The summed E-state index contributed by atoms with van der Waals surface area (Å²) >= 11 is 0. The molecule has 0 saturated carbocycles. The second-order valence-corrected chi connectivity index (χ2v) is 3.39. The molecule has 0 aliphatic rings. The summed E-state index contributed by atoms with van der Waals surface area (Å²) in [5.74, 6) is -0.635. The molecule has 0 atom stereocenters. The molecule has 0 aliphatic carbocycles. The lowest BCUT2D eigenvalue weighted by molar-refractivity contribution is -0.139. The van der Waals surface area contributed by atoms with Crippen molar-refractivity contribution in [3.8, 4) is 0 Å². The SMILES string of the molecule is COC(=O)Cc1ccc2cc(F)ccc2n1. The molecule has 0 bridgehead atoms. The Morgan fingerprint density at radius 2 is 2.19 bits per heavy atom. The number of carbonyl (C=O) groups is 1. The van der Waals surface area contributed by atoms with E-state index in [2.05, 4.69) is 9.72 Å². The maximum absolute atomic E-state index is 12.9. The van der Waals surface area contributed by atoms with Gasteiger partial charge in [0, 0.05) is 5.39 Å². The minimum Gasteiger partial charge on any atom is -0.469 e. The minimum atomic E-state index is -0.339. The van der Waals surface area contributed by atoms with Crippen molar-refractivity contribution in [1.82, 2.24) is 4.98 Å². The number of rotatable bonds is 2. The fraction of sp³-hybridized carbons (Fsp3) is 0.167. The van der Waals surface area contributed by atoms with E-state index in [0.717, 1.165) is 0 Å². The van der Waals surface area contributed by atoms with Gasteiger partial charge in [-0.1, -0.05) is 6.07 Å². The number of halogens is 1. The number of aromatic nitrogens is 1. The molecule has 0 saturated heterocycles. The zero-order valence-electron chi connectivity index (χ0n) is 8.74. The number of carbonyl (C=O) groups excluding carboxylic acids is 1. The van der Waals surface area contributed by atoms with Gasteiger partial charge in [0.15, 0.2) is 0 Å². The quantitative estimate of drug-likeness (QED) is 0.726. The van der Waals surface area contributed by atoms with Crippen LogP contribution in [0.15, 0.2) is 30.3 Å². The van der Waals surface area contributed by atoms with Crippen molar-refractivity contribution in [2.75, 3.05) is 7.11 Å². The molecule has 1 heterocycles. The van der Waals surface area contributed by atoms with Gasteiger partial charge < -0.3 is 4.74 Å². The van der Waals surface area contributed by atoms with Crippen LogP contribution in [0.3, 0.4) is 0 Å². The van der Waals surface area contributed by atoms with Gasteiger partial charge in [0.1, 0.15) is 5.82 Å². The standard InChI is InChI=1S/C12H10FNO2/c1-16-12(15)7-10-4-2-8-6-9(13)3-5-11(8)14-10/h2-6H,7H2,1H3. The zero-order chi connectivity index (χ0) is 11.5. The third-order valence-corrected chi connectivity index (χ3v) is 2.26. The molecular weight excluding hydrogens is 209 g/mol. The van der Waals surface area contributed by atoms with Gasteiger partial charge in [-0.25, -0.2) is 4.39 Å². The normalized spacial score (nSPS) is 10.4. The predicted octanol–water partition coefficient (Wildman–Crippen LogP) is 2.09. The lowest BCUT2D eigenvalue weighted by Crippen LogP contribution is -2.05. The van der Waals surface area contributed by atoms with Gasteiger partial charge in [0.25, 0.3) is 0 Å². The summed E-state index contributed by atoms with van der Waals surface area (Å²) in [4.78, 5) is 15.3. The molecule has 0 amide bonds. The Labute approximate surface area is 91.9 Å². The largest absolute Gasteiger partial charge is 0.469 e. The smallest absolute Gasteiger partial charge is 0.311 e. The number of fused-ring (bicyclic) bond motifs is 1. The molecule has 0 unspecified atom stereocenters. The third-order valence-electron chi connectivity index (χ3n) is 2.26. The number of hydrogen-bond donors (Lipinski definition) is 0. The summed E-state index contributed by atoms with van der Waals surface area (Å²) in [6.45, 7) is 0. The van der Waals surface area contributed by atoms with E-state index in [-0.39, 0.29) is 18.2 Å². The summed E-state index contributed by atoms with van der Waals surface area (Å²) < 4.78 is 17.4. The Morgan fingerprint density at radius 1 is 1.38 bits per heavy atom. The van der Waals surface area contributed by atoms with Crippen molar-refractivity contribution in [3.05, 3.63) is 41.8 Å². The van der Waals surface area contributed by atoms with Crippen LogP contribution in [0.4, 0.5) is 4.39 Å². The Bertz CT molecular complexity index is 540. The third kappa shape index (κ3) is 2.16. The summed E-state index contributed by atoms with van der Waals surface area (Å²) in [6, 6.07) is 7.77. The number of ether oxygens (including phenoxy) is 1. The van der Waals surface area contributed by atoms with E-state index in [4.69, 9.17) is 0 Å². The molecule has 2 aromatic rings. The average molecular weight is 219 g/mol. The van der Waals surface area contributed by atoms with Crippen LogP contribution in [-0.4, -0.2) is 18.1 Å². The second-order valence-electron chi connectivity index (χ2n) is 3.39.